The number of hydrogen-bond acceptors (Lipinski definition) is 3. The van der Waals surface area contributed by atoms with Gasteiger partial charge in [0.2, 0.25) is 0 Å². The third kappa shape index (κ3) is 3.50. The van der Waals surface area contributed by atoms with E-state index in [1.165, 1.54) is 0 Å². The average molecular weight is 207 g/mol. The molecule has 0 fully saturated rings. The van der Waals surface area contributed by atoms with E-state index in [1.807, 2.05) is 6.07 Å². The maximum absolute atomic E-state index is 4.24. The summed E-state index contributed by atoms with van der Waals surface area (Å²) in [6, 6.07) is 2.46. The molecule has 1 atom stereocenters. The van der Waals surface area contributed by atoms with Gasteiger partial charge in [-0.3, -0.25) is 0 Å². The summed E-state index contributed by atoms with van der Waals surface area (Å²) in [5.41, 5.74) is 1.09. The number of aromatic nitrogens is 2. The molecule has 3 nitrogen and oxygen atoms in total. The molecule has 1 aromatic heterocycles. The predicted molar refractivity (Wildman–Crippen MR) is 64.0 cm³/mol. The molecule has 0 aliphatic heterocycles. The quantitative estimate of drug-likeness (QED) is 0.824. The van der Waals surface area contributed by atoms with E-state index in [4.69, 9.17) is 0 Å². The van der Waals surface area contributed by atoms with Gasteiger partial charge in [-0.05, 0) is 18.8 Å². The normalized spacial score (nSPS) is 13.3. The minimum absolute atomic E-state index is 0.430. The van der Waals surface area contributed by atoms with Gasteiger partial charge in [0.1, 0.15) is 12.1 Å². The smallest absolute Gasteiger partial charge is 0.129 e. The van der Waals surface area contributed by atoms with Crippen molar-refractivity contribution in [1.29, 1.82) is 0 Å². The highest BCUT2D eigenvalue weighted by atomic mass is 15.0. The lowest BCUT2D eigenvalue weighted by atomic mass is 10.1. The summed E-state index contributed by atoms with van der Waals surface area (Å²) in [6.45, 7) is 10.8. The number of nitrogens with zero attached hydrogens (tertiary/aromatic N) is 2. The van der Waals surface area contributed by atoms with Crippen molar-refractivity contribution in [2.24, 2.45) is 5.92 Å². The molecule has 15 heavy (non-hydrogen) atoms. The highest BCUT2D eigenvalue weighted by Crippen LogP contribution is 2.15. The van der Waals surface area contributed by atoms with Crippen molar-refractivity contribution in [3.8, 4) is 0 Å². The van der Waals surface area contributed by atoms with Crippen LogP contribution in [0, 0.1) is 5.92 Å². The van der Waals surface area contributed by atoms with Gasteiger partial charge in [-0.25, -0.2) is 9.97 Å². The first-order chi connectivity index (χ1) is 7.00. The van der Waals surface area contributed by atoms with Gasteiger partial charge < -0.3 is 5.32 Å². The Hall–Kier alpha value is -1.12. The summed E-state index contributed by atoms with van der Waals surface area (Å²) in [5.74, 6) is 1.97. The Morgan fingerprint density at radius 3 is 2.27 bits per heavy atom. The number of anilines is 1. The third-order valence-electron chi connectivity index (χ3n) is 2.66. The SMILES string of the molecule is CC(C)c1cc(NC(C)C(C)C)ncn1. The second-order valence-electron chi connectivity index (χ2n) is 4.66. The molecular formula is C12H21N3. The molecule has 0 radical (unpaired) electrons. The average Bonchev–Trinajstić information content (AvgIpc) is 2.18. The van der Waals surface area contributed by atoms with E-state index in [2.05, 4.69) is 49.9 Å². The molecule has 0 aromatic carbocycles. The van der Waals surface area contributed by atoms with Crippen molar-refractivity contribution in [3.05, 3.63) is 18.1 Å². The minimum Gasteiger partial charge on any atom is -0.367 e. The molecule has 0 bridgehead atoms. The van der Waals surface area contributed by atoms with Crippen LogP contribution in [0.1, 0.15) is 46.2 Å². The molecule has 3 heteroatoms. The maximum Gasteiger partial charge on any atom is 0.129 e. The summed E-state index contributed by atoms with van der Waals surface area (Å²) < 4.78 is 0. The van der Waals surface area contributed by atoms with Crippen LogP contribution in [-0.2, 0) is 0 Å². The molecule has 1 aromatic rings. The first-order valence-corrected chi connectivity index (χ1v) is 5.59. The van der Waals surface area contributed by atoms with Gasteiger partial charge in [-0.15, -0.1) is 0 Å². The summed E-state index contributed by atoms with van der Waals surface area (Å²) in [7, 11) is 0. The van der Waals surface area contributed by atoms with E-state index >= 15 is 0 Å². The summed E-state index contributed by atoms with van der Waals surface area (Å²) in [4.78, 5) is 8.46. The van der Waals surface area contributed by atoms with E-state index in [0.717, 1.165) is 11.5 Å². The van der Waals surface area contributed by atoms with Crippen LogP contribution in [0.25, 0.3) is 0 Å². The summed E-state index contributed by atoms with van der Waals surface area (Å²) >= 11 is 0. The molecule has 1 N–H and O–H groups in total. The third-order valence-corrected chi connectivity index (χ3v) is 2.66. The molecule has 0 saturated heterocycles. The Morgan fingerprint density at radius 1 is 1.07 bits per heavy atom. The molecule has 1 heterocycles. The second-order valence-corrected chi connectivity index (χ2v) is 4.66. The molecular weight excluding hydrogens is 186 g/mol. The summed E-state index contributed by atoms with van der Waals surface area (Å²) in [5, 5.41) is 3.39. The highest BCUT2D eigenvalue weighted by molar-refractivity contribution is 5.36. The number of rotatable bonds is 4. The van der Waals surface area contributed by atoms with Gasteiger partial charge in [0.15, 0.2) is 0 Å². The Bertz CT molecular complexity index is 307. The van der Waals surface area contributed by atoms with Crippen LogP contribution in [-0.4, -0.2) is 16.0 Å². The maximum atomic E-state index is 4.24. The first kappa shape index (κ1) is 12.0. The van der Waals surface area contributed by atoms with Crippen molar-refractivity contribution in [2.75, 3.05) is 5.32 Å². The fourth-order valence-corrected chi connectivity index (χ4v) is 1.17. The van der Waals surface area contributed by atoms with Crippen LogP contribution in [0.4, 0.5) is 5.82 Å². The summed E-state index contributed by atoms with van der Waals surface area (Å²) in [6.07, 6.45) is 1.63. The van der Waals surface area contributed by atoms with Crippen LogP contribution in [0.2, 0.25) is 0 Å². The molecule has 0 saturated carbocycles. The van der Waals surface area contributed by atoms with Crippen LogP contribution < -0.4 is 5.32 Å². The van der Waals surface area contributed by atoms with Crippen molar-refractivity contribution in [1.82, 2.24) is 9.97 Å². The van der Waals surface area contributed by atoms with Crippen molar-refractivity contribution in [2.45, 2.75) is 46.6 Å². The first-order valence-electron chi connectivity index (χ1n) is 5.59. The lowest BCUT2D eigenvalue weighted by molar-refractivity contribution is 0.558. The molecule has 0 aliphatic rings. The molecule has 1 rings (SSSR count). The zero-order valence-electron chi connectivity index (χ0n) is 10.3. The largest absolute Gasteiger partial charge is 0.367 e. The second kappa shape index (κ2) is 5.10. The van der Waals surface area contributed by atoms with E-state index in [0.29, 0.717) is 17.9 Å². The van der Waals surface area contributed by atoms with Gasteiger partial charge in [0.25, 0.3) is 0 Å². The highest BCUT2D eigenvalue weighted by Gasteiger charge is 2.08. The van der Waals surface area contributed by atoms with Crippen LogP contribution >= 0.6 is 0 Å². The Kier molecular flexibility index (Phi) is 4.06. The fraction of sp³-hybridized carbons (Fsp3) is 0.667. The van der Waals surface area contributed by atoms with E-state index in [1.54, 1.807) is 6.33 Å². The molecule has 84 valence electrons. The van der Waals surface area contributed by atoms with Crippen molar-refractivity contribution in [3.63, 3.8) is 0 Å². The van der Waals surface area contributed by atoms with Crippen LogP contribution in [0.15, 0.2) is 12.4 Å². The van der Waals surface area contributed by atoms with Crippen molar-refractivity contribution >= 4 is 5.82 Å². The van der Waals surface area contributed by atoms with Crippen LogP contribution in [0.5, 0.6) is 0 Å². The zero-order valence-corrected chi connectivity index (χ0v) is 10.3. The standard InChI is InChI=1S/C12H21N3/c1-8(2)10(5)15-12-6-11(9(3)4)13-7-14-12/h6-10H,1-5H3,(H,13,14,15). The Morgan fingerprint density at radius 2 is 1.73 bits per heavy atom. The fourth-order valence-electron chi connectivity index (χ4n) is 1.17. The van der Waals surface area contributed by atoms with Crippen LogP contribution in [0.3, 0.4) is 0 Å². The number of hydrogen-bond donors (Lipinski definition) is 1. The van der Waals surface area contributed by atoms with Gasteiger partial charge in [0.05, 0.1) is 0 Å². The van der Waals surface area contributed by atoms with E-state index < -0.39 is 0 Å². The van der Waals surface area contributed by atoms with E-state index in [9.17, 15) is 0 Å². The van der Waals surface area contributed by atoms with Gasteiger partial charge in [-0.2, -0.15) is 0 Å². The minimum atomic E-state index is 0.430. The molecule has 0 aliphatic carbocycles. The lowest BCUT2D eigenvalue weighted by Crippen LogP contribution is -2.22. The van der Waals surface area contributed by atoms with Gasteiger partial charge in [-0.1, -0.05) is 27.7 Å². The van der Waals surface area contributed by atoms with Gasteiger partial charge >= 0.3 is 0 Å². The topological polar surface area (TPSA) is 37.8 Å². The monoisotopic (exact) mass is 207 g/mol. The Balaban J connectivity index is 2.73. The van der Waals surface area contributed by atoms with Gasteiger partial charge in [0, 0.05) is 17.8 Å². The van der Waals surface area contributed by atoms with Crippen molar-refractivity contribution < 1.29 is 0 Å². The molecule has 1 unspecified atom stereocenters. The molecule has 0 amide bonds. The predicted octanol–water partition coefficient (Wildman–Crippen LogP) is 3.06. The lowest BCUT2D eigenvalue weighted by Gasteiger charge is -2.18. The number of nitrogens with one attached hydrogen (secondary N) is 1. The van der Waals surface area contributed by atoms with E-state index in [-0.39, 0.29) is 0 Å². The zero-order chi connectivity index (χ0) is 11.4. The molecule has 0 spiro atoms. The Labute approximate surface area is 92.3 Å².